The van der Waals surface area contributed by atoms with Crippen LogP contribution in [-0.2, 0) is 29.5 Å². The Morgan fingerprint density at radius 2 is 1.68 bits per heavy atom. The molecule has 0 aliphatic heterocycles. The number of hydrogen-bond donors (Lipinski definition) is 3. The highest BCUT2D eigenvalue weighted by molar-refractivity contribution is 7.89. The predicted molar refractivity (Wildman–Crippen MR) is 117 cm³/mol. The molecule has 0 aliphatic rings. The van der Waals surface area contributed by atoms with Crippen molar-refractivity contribution in [2.24, 2.45) is 4.99 Å². The maximum Gasteiger partial charge on any atom is 0.241 e. The van der Waals surface area contributed by atoms with Crippen LogP contribution in [-0.4, -0.2) is 27.0 Å². The molecule has 0 bridgehead atoms. The van der Waals surface area contributed by atoms with Gasteiger partial charge in [-0.15, -0.1) is 11.3 Å². The fourth-order valence-electron chi connectivity index (χ4n) is 2.65. The van der Waals surface area contributed by atoms with Gasteiger partial charge in [-0.1, -0.05) is 25.1 Å². The number of benzene rings is 1. The Morgan fingerprint density at radius 1 is 1.04 bits per heavy atom. The number of hydrogen-bond acceptors (Lipinski definition) is 4. The lowest BCUT2D eigenvalue weighted by molar-refractivity contribution is 0.491. The number of rotatable bonds is 7. The van der Waals surface area contributed by atoms with Gasteiger partial charge in [-0.05, 0) is 51.0 Å². The second-order valence-electron chi connectivity index (χ2n) is 7.46. The van der Waals surface area contributed by atoms with Crippen LogP contribution in [0.3, 0.4) is 0 Å². The lowest BCUT2D eigenvalue weighted by Gasteiger charge is -2.22. The summed E-state index contributed by atoms with van der Waals surface area (Å²) in [6.45, 7) is 8.65. The van der Waals surface area contributed by atoms with Crippen LogP contribution in [0.1, 0.15) is 43.0 Å². The third-order valence-corrected chi connectivity index (χ3v) is 6.96. The summed E-state index contributed by atoms with van der Waals surface area (Å²) in [6, 6.07) is 11.3. The van der Waals surface area contributed by atoms with E-state index < -0.39 is 15.6 Å². The normalized spacial score (nSPS) is 12.8. The standard InChI is InChI=1S/C20H30N4O2S2/c1-6-16-11-12-17(27-16)14-23-19(21-5)22-13-15-9-7-8-10-18(15)28(25,26)24-20(2,3)4/h7-12,24H,6,13-14H2,1-5H3,(H2,21,22,23). The van der Waals surface area contributed by atoms with Crippen molar-refractivity contribution in [1.29, 1.82) is 0 Å². The predicted octanol–water partition coefficient (Wildman–Crippen LogP) is 3.25. The first kappa shape index (κ1) is 22.4. The van der Waals surface area contributed by atoms with E-state index in [2.05, 4.69) is 39.4 Å². The van der Waals surface area contributed by atoms with Crippen molar-refractivity contribution in [3.05, 3.63) is 51.7 Å². The molecular formula is C20H30N4O2S2. The zero-order chi connectivity index (χ0) is 20.8. The highest BCUT2D eigenvalue weighted by Gasteiger charge is 2.24. The lowest BCUT2D eigenvalue weighted by atomic mass is 10.1. The molecule has 0 aliphatic carbocycles. The number of nitrogens with one attached hydrogen (secondary N) is 3. The SMILES string of the molecule is CCc1ccc(CNC(=NC)NCc2ccccc2S(=O)(=O)NC(C)(C)C)s1. The van der Waals surface area contributed by atoms with Gasteiger partial charge in [0.15, 0.2) is 5.96 Å². The van der Waals surface area contributed by atoms with Crippen LogP contribution in [0.25, 0.3) is 0 Å². The Kier molecular flexibility index (Phi) is 7.63. The van der Waals surface area contributed by atoms with Crippen molar-refractivity contribution in [2.75, 3.05) is 7.05 Å². The largest absolute Gasteiger partial charge is 0.352 e. The first-order valence-corrected chi connectivity index (χ1v) is 11.6. The van der Waals surface area contributed by atoms with Crippen LogP contribution in [0.5, 0.6) is 0 Å². The fraction of sp³-hybridized carbons (Fsp3) is 0.450. The van der Waals surface area contributed by atoms with Crippen LogP contribution in [0.4, 0.5) is 0 Å². The summed E-state index contributed by atoms with van der Waals surface area (Å²) < 4.78 is 28.2. The zero-order valence-electron chi connectivity index (χ0n) is 17.2. The average Bonchev–Trinajstić information content (AvgIpc) is 3.08. The van der Waals surface area contributed by atoms with Gasteiger partial charge in [0.05, 0.1) is 11.4 Å². The number of guanidine groups is 1. The second-order valence-corrected chi connectivity index (χ2v) is 10.4. The van der Waals surface area contributed by atoms with Gasteiger partial charge in [-0.2, -0.15) is 0 Å². The van der Waals surface area contributed by atoms with Crippen LogP contribution in [0.15, 0.2) is 46.3 Å². The molecule has 1 aromatic heterocycles. The molecule has 0 amide bonds. The van der Waals surface area contributed by atoms with Gasteiger partial charge in [0.2, 0.25) is 10.0 Å². The maximum absolute atomic E-state index is 12.7. The molecule has 0 saturated heterocycles. The molecule has 0 spiro atoms. The van der Waals surface area contributed by atoms with E-state index in [-0.39, 0.29) is 4.90 Å². The lowest BCUT2D eigenvalue weighted by Crippen LogP contribution is -2.41. The molecule has 2 rings (SSSR count). The third kappa shape index (κ3) is 6.61. The minimum Gasteiger partial charge on any atom is -0.352 e. The smallest absolute Gasteiger partial charge is 0.241 e. The average molecular weight is 423 g/mol. The molecule has 1 heterocycles. The molecular weight excluding hydrogens is 392 g/mol. The molecule has 154 valence electrons. The molecule has 8 heteroatoms. The summed E-state index contributed by atoms with van der Waals surface area (Å²) in [7, 11) is -1.91. The van der Waals surface area contributed by atoms with Crippen LogP contribution < -0.4 is 15.4 Å². The van der Waals surface area contributed by atoms with Crippen molar-refractivity contribution in [3.8, 4) is 0 Å². The first-order chi connectivity index (χ1) is 13.1. The van der Waals surface area contributed by atoms with Crippen LogP contribution in [0.2, 0.25) is 0 Å². The molecule has 0 unspecified atom stereocenters. The van der Waals surface area contributed by atoms with E-state index in [9.17, 15) is 8.42 Å². The Bertz CT molecular complexity index is 912. The molecule has 0 fully saturated rings. The van der Waals surface area contributed by atoms with Crippen molar-refractivity contribution in [3.63, 3.8) is 0 Å². The summed E-state index contributed by atoms with van der Waals surface area (Å²) in [5.74, 6) is 0.627. The molecule has 0 radical (unpaired) electrons. The Balaban J connectivity index is 2.05. The van der Waals surface area contributed by atoms with Crippen molar-refractivity contribution in [1.82, 2.24) is 15.4 Å². The summed E-state index contributed by atoms with van der Waals surface area (Å²) >= 11 is 1.78. The van der Waals surface area contributed by atoms with Crippen LogP contribution >= 0.6 is 11.3 Å². The Labute approximate surface area is 172 Å². The number of aryl methyl sites for hydroxylation is 1. The minimum atomic E-state index is -3.61. The Morgan fingerprint density at radius 3 is 2.29 bits per heavy atom. The van der Waals surface area contributed by atoms with Gasteiger partial charge >= 0.3 is 0 Å². The topological polar surface area (TPSA) is 82.6 Å². The molecule has 6 nitrogen and oxygen atoms in total. The monoisotopic (exact) mass is 422 g/mol. The van der Waals surface area contributed by atoms with Gasteiger partial charge in [0.25, 0.3) is 0 Å². The highest BCUT2D eigenvalue weighted by atomic mass is 32.2. The van der Waals surface area contributed by atoms with E-state index in [1.165, 1.54) is 9.75 Å². The van der Waals surface area contributed by atoms with E-state index in [1.807, 2.05) is 32.9 Å². The summed E-state index contributed by atoms with van der Waals surface area (Å²) in [5.41, 5.74) is 0.140. The first-order valence-electron chi connectivity index (χ1n) is 9.28. The molecule has 1 aromatic carbocycles. The van der Waals surface area contributed by atoms with Gasteiger partial charge in [-0.3, -0.25) is 4.99 Å². The summed E-state index contributed by atoms with van der Waals surface area (Å²) in [5, 5.41) is 6.48. The Hall–Kier alpha value is -1.90. The van der Waals surface area contributed by atoms with Crippen molar-refractivity contribution >= 4 is 27.3 Å². The molecule has 2 aromatic rings. The summed E-state index contributed by atoms with van der Waals surface area (Å²) in [6.07, 6.45) is 1.03. The number of sulfonamides is 1. The minimum absolute atomic E-state index is 0.277. The van der Waals surface area contributed by atoms with E-state index in [0.717, 1.165) is 6.42 Å². The number of nitrogens with zero attached hydrogens (tertiary/aromatic N) is 1. The molecule has 3 N–H and O–H groups in total. The molecule has 28 heavy (non-hydrogen) atoms. The zero-order valence-corrected chi connectivity index (χ0v) is 18.8. The quantitative estimate of drug-likeness (QED) is 0.472. The fourth-order valence-corrected chi connectivity index (χ4v) is 5.20. The van der Waals surface area contributed by atoms with Gasteiger partial charge in [0, 0.05) is 28.9 Å². The van der Waals surface area contributed by atoms with Gasteiger partial charge in [-0.25, -0.2) is 13.1 Å². The van der Waals surface area contributed by atoms with Gasteiger partial charge in [0.1, 0.15) is 0 Å². The van der Waals surface area contributed by atoms with E-state index in [0.29, 0.717) is 24.6 Å². The summed E-state index contributed by atoms with van der Waals surface area (Å²) in [4.78, 5) is 7.09. The third-order valence-electron chi connectivity index (χ3n) is 3.87. The highest BCUT2D eigenvalue weighted by Crippen LogP contribution is 2.18. The second kappa shape index (κ2) is 9.54. The van der Waals surface area contributed by atoms with E-state index >= 15 is 0 Å². The molecule has 0 saturated carbocycles. The van der Waals surface area contributed by atoms with Crippen molar-refractivity contribution < 1.29 is 8.42 Å². The maximum atomic E-state index is 12.7. The number of aliphatic imine (C=N–C) groups is 1. The van der Waals surface area contributed by atoms with E-state index in [1.54, 1.807) is 30.5 Å². The van der Waals surface area contributed by atoms with Crippen molar-refractivity contribution in [2.45, 2.75) is 57.6 Å². The van der Waals surface area contributed by atoms with E-state index in [4.69, 9.17) is 0 Å². The van der Waals surface area contributed by atoms with Gasteiger partial charge < -0.3 is 10.6 Å². The molecule has 0 atom stereocenters. The number of thiophene rings is 1. The van der Waals surface area contributed by atoms with Crippen LogP contribution in [0, 0.1) is 0 Å².